The van der Waals surface area contributed by atoms with Gasteiger partial charge in [0.25, 0.3) is 0 Å². The van der Waals surface area contributed by atoms with Crippen molar-refractivity contribution < 1.29 is 9.84 Å². The van der Waals surface area contributed by atoms with Gasteiger partial charge in [-0.2, -0.15) is 0 Å². The van der Waals surface area contributed by atoms with Gasteiger partial charge in [0.2, 0.25) is 0 Å². The molecule has 0 heterocycles. The lowest BCUT2D eigenvalue weighted by atomic mass is 10.0. The van der Waals surface area contributed by atoms with E-state index < -0.39 is 5.60 Å². The van der Waals surface area contributed by atoms with E-state index in [4.69, 9.17) is 4.74 Å². The van der Waals surface area contributed by atoms with Gasteiger partial charge in [-0.25, -0.2) is 0 Å². The Morgan fingerprint density at radius 1 is 1.35 bits per heavy atom. The molecule has 0 spiro atoms. The highest BCUT2D eigenvalue weighted by Crippen LogP contribution is 2.29. The summed E-state index contributed by atoms with van der Waals surface area (Å²) in [5.41, 5.74) is 1.70. The van der Waals surface area contributed by atoms with E-state index in [1.165, 1.54) is 0 Å². The molecule has 1 aromatic rings. The minimum Gasteiger partial charge on any atom is -0.388 e. The summed E-state index contributed by atoms with van der Waals surface area (Å²) in [5.74, 6) is 0. The topological polar surface area (TPSA) is 41.5 Å². The lowest BCUT2D eigenvalue weighted by Crippen LogP contribution is -2.33. The highest BCUT2D eigenvalue weighted by Gasteiger charge is 2.30. The van der Waals surface area contributed by atoms with Crippen molar-refractivity contribution in [3.63, 3.8) is 0 Å². The predicted molar refractivity (Wildman–Crippen MR) is 69.1 cm³/mol. The summed E-state index contributed by atoms with van der Waals surface area (Å²) in [6.45, 7) is 1.27. The molecule has 2 rings (SSSR count). The molecule has 2 N–H and O–H groups in total. The Balaban J connectivity index is 1.91. The first-order valence-corrected chi connectivity index (χ1v) is 6.26. The van der Waals surface area contributed by atoms with E-state index in [2.05, 4.69) is 11.4 Å². The molecule has 1 fully saturated rings. The molecule has 1 aliphatic carbocycles. The first-order chi connectivity index (χ1) is 8.22. The number of aliphatic hydroxyl groups is 1. The molecule has 1 saturated carbocycles. The number of rotatable bonds is 5. The Morgan fingerprint density at radius 3 is 2.82 bits per heavy atom. The zero-order valence-electron chi connectivity index (χ0n) is 10.4. The van der Waals surface area contributed by atoms with Crippen molar-refractivity contribution in [3.05, 3.63) is 29.8 Å². The van der Waals surface area contributed by atoms with Gasteiger partial charge in [-0.1, -0.05) is 25.0 Å². The highest BCUT2D eigenvalue weighted by molar-refractivity contribution is 5.45. The number of benzene rings is 1. The van der Waals surface area contributed by atoms with Crippen LogP contribution in [0.25, 0.3) is 0 Å². The van der Waals surface area contributed by atoms with E-state index in [1.807, 2.05) is 18.2 Å². The molecule has 3 nitrogen and oxygen atoms in total. The van der Waals surface area contributed by atoms with Gasteiger partial charge >= 0.3 is 0 Å². The van der Waals surface area contributed by atoms with Crippen molar-refractivity contribution in [2.24, 2.45) is 0 Å². The summed E-state index contributed by atoms with van der Waals surface area (Å²) >= 11 is 0. The van der Waals surface area contributed by atoms with Crippen molar-refractivity contribution in [1.82, 2.24) is 0 Å². The smallest absolute Gasteiger partial charge is 0.0819 e. The van der Waals surface area contributed by atoms with Crippen LogP contribution in [0, 0.1) is 0 Å². The summed E-state index contributed by atoms with van der Waals surface area (Å²) in [7, 11) is 1.70. The van der Waals surface area contributed by atoms with Crippen LogP contribution in [0.3, 0.4) is 0 Å². The summed E-state index contributed by atoms with van der Waals surface area (Å²) < 4.78 is 5.10. The normalized spacial score (nSPS) is 18.2. The molecule has 0 aromatic heterocycles. The van der Waals surface area contributed by atoms with E-state index in [0.29, 0.717) is 13.2 Å². The zero-order chi connectivity index (χ0) is 12.1. The fourth-order valence-corrected chi connectivity index (χ4v) is 2.41. The number of ether oxygens (including phenoxy) is 1. The number of hydrogen-bond donors (Lipinski definition) is 2. The number of methoxy groups -OCH3 is 1. The number of anilines is 1. The molecular formula is C14H21NO2. The van der Waals surface area contributed by atoms with Gasteiger partial charge in [-0.15, -0.1) is 0 Å². The van der Waals surface area contributed by atoms with Crippen LogP contribution in [0.15, 0.2) is 24.3 Å². The third kappa shape index (κ3) is 3.45. The average Bonchev–Trinajstić information content (AvgIpc) is 2.76. The van der Waals surface area contributed by atoms with Crippen molar-refractivity contribution in [3.8, 4) is 0 Å². The maximum Gasteiger partial charge on any atom is 0.0819 e. The Hall–Kier alpha value is -1.06. The van der Waals surface area contributed by atoms with Gasteiger partial charge < -0.3 is 15.2 Å². The van der Waals surface area contributed by atoms with Crippen molar-refractivity contribution >= 4 is 5.69 Å². The zero-order valence-corrected chi connectivity index (χ0v) is 10.4. The molecule has 3 heteroatoms. The maximum atomic E-state index is 10.2. The molecule has 17 heavy (non-hydrogen) atoms. The van der Waals surface area contributed by atoms with Crippen LogP contribution in [-0.4, -0.2) is 24.4 Å². The van der Waals surface area contributed by atoms with Gasteiger partial charge in [0.1, 0.15) is 0 Å². The summed E-state index contributed by atoms with van der Waals surface area (Å²) in [5, 5.41) is 13.6. The first-order valence-electron chi connectivity index (χ1n) is 6.26. The standard InChI is InChI=1S/C14H21NO2/c1-17-10-12-5-4-6-13(9-12)15-11-14(16)7-2-3-8-14/h4-6,9,15-16H,2-3,7-8,10-11H2,1H3. The van der Waals surface area contributed by atoms with Crippen LogP contribution < -0.4 is 5.32 Å². The van der Waals surface area contributed by atoms with Crippen molar-refractivity contribution in [1.29, 1.82) is 0 Å². The van der Waals surface area contributed by atoms with Crippen LogP contribution in [0.5, 0.6) is 0 Å². The molecule has 1 aliphatic rings. The van der Waals surface area contributed by atoms with Crippen molar-refractivity contribution in [2.45, 2.75) is 37.9 Å². The number of hydrogen-bond acceptors (Lipinski definition) is 3. The summed E-state index contributed by atoms with van der Waals surface area (Å²) in [4.78, 5) is 0. The Kier molecular flexibility index (Phi) is 4.02. The highest BCUT2D eigenvalue weighted by atomic mass is 16.5. The molecule has 0 bridgehead atoms. The second-order valence-corrected chi connectivity index (χ2v) is 4.92. The second kappa shape index (κ2) is 5.52. The molecular weight excluding hydrogens is 214 g/mol. The Morgan fingerprint density at radius 2 is 2.12 bits per heavy atom. The molecule has 0 amide bonds. The average molecular weight is 235 g/mol. The van der Waals surface area contributed by atoms with E-state index in [0.717, 1.165) is 36.9 Å². The van der Waals surface area contributed by atoms with Crippen LogP contribution >= 0.6 is 0 Å². The molecule has 0 saturated heterocycles. The van der Waals surface area contributed by atoms with Crippen molar-refractivity contribution in [2.75, 3.05) is 19.0 Å². The SMILES string of the molecule is COCc1cccc(NCC2(O)CCCC2)c1. The van der Waals surface area contributed by atoms with E-state index >= 15 is 0 Å². The largest absolute Gasteiger partial charge is 0.388 e. The number of nitrogens with one attached hydrogen (secondary N) is 1. The van der Waals surface area contributed by atoms with Crippen LogP contribution in [0.2, 0.25) is 0 Å². The maximum absolute atomic E-state index is 10.2. The molecule has 94 valence electrons. The second-order valence-electron chi connectivity index (χ2n) is 4.92. The van der Waals surface area contributed by atoms with Gasteiger partial charge in [0.15, 0.2) is 0 Å². The third-order valence-corrected chi connectivity index (χ3v) is 3.39. The minimum atomic E-state index is -0.503. The van der Waals surface area contributed by atoms with E-state index in [-0.39, 0.29) is 0 Å². The lowest BCUT2D eigenvalue weighted by molar-refractivity contribution is 0.0615. The molecule has 0 atom stereocenters. The first kappa shape index (κ1) is 12.4. The molecule has 0 unspecified atom stereocenters. The monoisotopic (exact) mass is 235 g/mol. The summed E-state index contributed by atoms with van der Waals surface area (Å²) in [6, 6.07) is 8.15. The minimum absolute atomic E-state index is 0.503. The van der Waals surface area contributed by atoms with Crippen LogP contribution in [0.4, 0.5) is 5.69 Å². The quantitative estimate of drug-likeness (QED) is 0.824. The Bertz CT molecular complexity index is 359. The van der Waals surface area contributed by atoms with E-state index in [9.17, 15) is 5.11 Å². The van der Waals surface area contributed by atoms with Gasteiger partial charge in [-0.05, 0) is 30.5 Å². The third-order valence-electron chi connectivity index (χ3n) is 3.39. The summed E-state index contributed by atoms with van der Waals surface area (Å²) in [6.07, 6.45) is 4.11. The fourth-order valence-electron chi connectivity index (χ4n) is 2.41. The van der Waals surface area contributed by atoms with E-state index in [1.54, 1.807) is 7.11 Å². The van der Waals surface area contributed by atoms with Gasteiger partial charge in [0.05, 0.1) is 12.2 Å². The Labute approximate surface area is 103 Å². The molecule has 0 aliphatic heterocycles. The predicted octanol–water partition coefficient (Wildman–Crippen LogP) is 2.55. The van der Waals surface area contributed by atoms with Crippen LogP contribution in [-0.2, 0) is 11.3 Å². The molecule has 0 radical (unpaired) electrons. The van der Waals surface area contributed by atoms with Gasteiger partial charge in [-0.3, -0.25) is 0 Å². The fraction of sp³-hybridized carbons (Fsp3) is 0.571. The van der Waals surface area contributed by atoms with Crippen LogP contribution in [0.1, 0.15) is 31.2 Å². The van der Waals surface area contributed by atoms with Gasteiger partial charge in [0, 0.05) is 19.3 Å². The lowest BCUT2D eigenvalue weighted by Gasteiger charge is -2.23. The molecule has 1 aromatic carbocycles.